The Kier molecular flexibility index (Phi) is 5.13. The first-order valence-electron chi connectivity index (χ1n) is 6.93. The van der Waals surface area contributed by atoms with Gasteiger partial charge in [-0.05, 0) is 12.1 Å². The third-order valence-corrected chi connectivity index (χ3v) is 3.72. The van der Waals surface area contributed by atoms with Crippen molar-refractivity contribution in [1.82, 2.24) is 5.43 Å². The molecule has 0 spiro atoms. The standard InChI is InChI=1S/C15H16ClFN2O3/c1-3-9(20)7-22-11-5-4-10(14(17)13(11)16)15-8(2)6-12(21)18-19-15/h4-5,8H,3,6-7H2,1-2H3,(H,18,21). The first-order valence-corrected chi connectivity index (χ1v) is 7.31. The maximum absolute atomic E-state index is 14.4. The summed E-state index contributed by atoms with van der Waals surface area (Å²) in [6.07, 6.45) is 0.575. The van der Waals surface area contributed by atoms with Crippen molar-refractivity contribution in [3.8, 4) is 5.75 Å². The monoisotopic (exact) mass is 326 g/mol. The molecular weight excluding hydrogens is 311 g/mol. The second kappa shape index (κ2) is 6.87. The van der Waals surface area contributed by atoms with E-state index in [0.717, 1.165) is 0 Å². The van der Waals surface area contributed by atoms with Crippen LogP contribution in [0.3, 0.4) is 0 Å². The van der Waals surface area contributed by atoms with Gasteiger partial charge in [-0.3, -0.25) is 9.59 Å². The summed E-state index contributed by atoms with van der Waals surface area (Å²) in [4.78, 5) is 22.5. The average Bonchev–Trinajstić information content (AvgIpc) is 2.49. The van der Waals surface area contributed by atoms with Gasteiger partial charge in [0, 0.05) is 24.3 Å². The Morgan fingerprint density at radius 1 is 1.55 bits per heavy atom. The number of amides is 1. The summed E-state index contributed by atoms with van der Waals surface area (Å²) in [5.74, 6) is -1.09. The molecule has 1 atom stereocenters. The fraction of sp³-hybridized carbons (Fsp3) is 0.400. The fourth-order valence-electron chi connectivity index (χ4n) is 2.08. The summed E-state index contributed by atoms with van der Waals surface area (Å²) in [6, 6.07) is 2.98. The molecule has 118 valence electrons. The van der Waals surface area contributed by atoms with Gasteiger partial charge in [-0.2, -0.15) is 5.10 Å². The lowest BCUT2D eigenvalue weighted by molar-refractivity contribution is -0.122. The summed E-state index contributed by atoms with van der Waals surface area (Å²) in [5, 5.41) is 3.70. The molecule has 22 heavy (non-hydrogen) atoms. The molecule has 0 aromatic heterocycles. The normalized spacial score (nSPS) is 17.7. The van der Waals surface area contributed by atoms with Crippen LogP contribution >= 0.6 is 11.6 Å². The van der Waals surface area contributed by atoms with E-state index in [1.54, 1.807) is 13.8 Å². The molecule has 1 aromatic rings. The van der Waals surface area contributed by atoms with E-state index in [-0.39, 0.29) is 47.0 Å². The van der Waals surface area contributed by atoms with Gasteiger partial charge in [-0.25, -0.2) is 9.82 Å². The Morgan fingerprint density at radius 2 is 2.27 bits per heavy atom. The Balaban J connectivity index is 2.27. The number of carbonyl (C=O) groups is 2. The third-order valence-electron chi connectivity index (χ3n) is 3.37. The van der Waals surface area contributed by atoms with Gasteiger partial charge in [0.05, 0.1) is 5.71 Å². The molecule has 0 aliphatic carbocycles. The molecule has 0 saturated carbocycles. The second-order valence-corrected chi connectivity index (χ2v) is 5.44. The number of hydrazone groups is 1. The number of halogens is 2. The van der Waals surface area contributed by atoms with Gasteiger partial charge in [-0.1, -0.05) is 25.4 Å². The van der Waals surface area contributed by atoms with Gasteiger partial charge in [0.25, 0.3) is 0 Å². The molecule has 1 aromatic carbocycles. The van der Waals surface area contributed by atoms with Crippen molar-refractivity contribution < 1.29 is 18.7 Å². The van der Waals surface area contributed by atoms with Crippen LogP contribution in [-0.2, 0) is 9.59 Å². The molecule has 1 amide bonds. The number of nitrogens with zero attached hydrogens (tertiary/aromatic N) is 1. The molecule has 5 nitrogen and oxygen atoms in total. The van der Waals surface area contributed by atoms with Crippen molar-refractivity contribution in [2.45, 2.75) is 26.7 Å². The number of rotatable bonds is 5. The Bertz CT molecular complexity index is 646. The Hall–Kier alpha value is -1.95. The predicted molar refractivity (Wildman–Crippen MR) is 80.7 cm³/mol. The number of nitrogens with one attached hydrogen (secondary N) is 1. The zero-order valence-electron chi connectivity index (χ0n) is 12.3. The molecule has 1 unspecified atom stereocenters. The average molecular weight is 327 g/mol. The largest absolute Gasteiger partial charge is 0.484 e. The number of carbonyl (C=O) groups excluding carboxylic acids is 2. The number of hydrogen-bond acceptors (Lipinski definition) is 4. The number of ketones is 1. The highest BCUT2D eigenvalue weighted by atomic mass is 35.5. The predicted octanol–water partition coefficient (Wildman–Crippen LogP) is 2.70. The third kappa shape index (κ3) is 3.44. The molecular formula is C15H16ClFN2O3. The van der Waals surface area contributed by atoms with Gasteiger partial charge in [0.1, 0.15) is 17.4 Å². The van der Waals surface area contributed by atoms with Crippen LogP contribution in [0.2, 0.25) is 5.02 Å². The van der Waals surface area contributed by atoms with Crippen molar-refractivity contribution in [2.75, 3.05) is 6.61 Å². The number of Topliss-reactive ketones (excluding diaryl/α,β-unsaturated/α-hetero) is 1. The quantitative estimate of drug-likeness (QED) is 0.904. The van der Waals surface area contributed by atoms with Gasteiger partial charge in [0.15, 0.2) is 11.6 Å². The summed E-state index contributed by atoms with van der Waals surface area (Å²) >= 11 is 5.97. The van der Waals surface area contributed by atoms with Crippen LogP contribution in [0, 0.1) is 11.7 Å². The second-order valence-electron chi connectivity index (χ2n) is 5.06. The highest BCUT2D eigenvalue weighted by Crippen LogP contribution is 2.31. The van der Waals surface area contributed by atoms with E-state index < -0.39 is 5.82 Å². The number of hydrogen-bond donors (Lipinski definition) is 1. The van der Waals surface area contributed by atoms with E-state index in [0.29, 0.717) is 12.1 Å². The van der Waals surface area contributed by atoms with Crippen LogP contribution in [0.1, 0.15) is 32.3 Å². The minimum atomic E-state index is -0.676. The smallest absolute Gasteiger partial charge is 0.240 e. The fourth-order valence-corrected chi connectivity index (χ4v) is 2.30. The van der Waals surface area contributed by atoms with Crippen molar-refractivity contribution in [1.29, 1.82) is 0 Å². The highest BCUT2D eigenvalue weighted by Gasteiger charge is 2.25. The SMILES string of the molecule is CCC(=O)COc1ccc(C2=NNC(=O)CC2C)c(F)c1Cl. The van der Waals surface area contributed by atoms with Gasteiger partial charge in [0.2, 0.25) is 5.91 Å². The zero-order valence-corrected chi connectivity index (χ0v) is 13.0. The number of ether oxygens (including phenoxy) is 1. The van der Waals surface area contributed by atoms with Crippen molar-refractivity contribution in [3.05, 3.63) is 28.5 Å². The van der Waals surface area contributed by atoms with Crippen LogP contribution in [0.25, 0.3) is 0 Å². The maximum atomic E-state index is 14.4. The lowest BCUT2D eigenvalue weighted by Crippen LogP contribution is -2.32. The van der Waals surface area contributed by atoms with E-state index in [2.05, 4.69) is 10.5 Å². The minimum absolute atomic E-state index is 0.103. The van der Waals surface area contributed by atoms with Crippen LogP contribution < -0.4 is 10.2 Å². The van der Waals surface area contributed by atoms with Crippen LogP contribution in [-0.4, -0.2) is 24.0 Å². The molecule has 0 bridgehead atoms. The van der Waals surface area contributed by atoms with Crippen molar-refractivity contribution in [2.24, 2.45) is 11.0 Å². The van der Waals surface area contributed by atoms with Crippen LogP contribution in [0.4, 0.5) is 4.39 Å². The molecule has 1 aliphatic heterocycles. The summed E-state index contributed by atoms with van der Waals surface area (Å²) < 4.78 is 19.7. The lowest BCUT2D eigenvalue weighted by Gasteiger charge is -2.20. The topological polar surface area (TPSA) is 67.8 Å². The van der Waals surface area contributed by atoms with Crippen molar-refractivity contribution >= 4 is 29.0 Å². The molecule has 1 N–H and O–H groups in total. The molecule has 2 rings (SSSR count). The lowest BCUT2D eigenvalue weighted by atomic mass is 9.94. The van der Waals surface area contributed by atoms with E-state index in [1.165, 1.54) is 12.1 Å². The molecule has 7 heteroatoms. The van der Waals surface area contributed by atoms with E-state index in [1.807, 2.05) is 0 Å². The molecule has 0 saturated heterocycles. The zero-order chi connectivity index (χ0) is 16.3. The van der Waals surface area contributed by atoms with Crippen LogP contribution in [0.5, 0.6) is 5.75 Å². The van der Waals surface area contributed by atoms with Crippen LogP contribution in [0.15, 0.2) is 17.2 Å². The summed E-state index contributed by atoms with van der Waals surface area (Å²) in [6.45, 7) is 3.35. The molecule has 1 aliphatic rings. The van der Waals surface area contributed by atoms with E-state index >= 15 is 0 Å². The van der Waals surface area contributed by atoms with Gasteiger partial charge in [-0.15, -0.1) is 0 Å². The molecule has 0 radical (unpaired) electrons. The minimum Gasteiger partial charge on any atom is -0.484 e. The van der Waals surface area contributed by atoms with Crippen molar-refractivity contribution in [3.63, 3.8) is 0 Å². The first-order chi connectivity index (χ1) is 10.4. The highest BCUT2D eigenvalue weighted by molar-refractivity contribution is 6.32. The van der Waals surface area contributed by atoms with E-state index in [9.17, 15) is 14.0 Å². The van der Waals surface area contributed by atoms with E-state index in [4.69, 9.17) is 16.3 Å². The Morgan fingerprint density at radius 3 is 2.91 bits per heavy atom. The van der Waals surface area contributed by atoms with Gasteiger partial charge >= 0.3 is 0 Å². The molecule has 0 fully saturated rings. The molecule has 1 heterocycles. The summed E-state index contributed by atoms with van der Waals surface area (Å²) in [5.41, 5.74) is 2.97. The first kappa shape index (κ1) is 16.4. The number of benzene rings is 1. The summed E-state index contributed by atoms with van der Waals surface area (Å²) in [7, 11) is 0. The van der Waals surface area contributed by atoms with Gasteiger partial charge < -0.3 is 4.74 Å². The Labute approximate surface area is 132 Å². The maximum Gasteiger partial charge on any atom is 0.240 e.